The van der Waals surface area contributed by atoms with Crippen molar-refractivity contribution in [1.82, 2.24) is 0 Å². The Labute approximate surface area is 191 Å². The molecule has 1 aliphatic carbocycles. The van der Waals surface area contributed by atoms with Gasteiger partial charge in [-0.05, 0) is 29.3 Å². The van der Waals surface area contributed by atoms with Crippen LogP contribution in [0, 0.1) is 0 Å². The van der Waals surface area contributed by atoms with Gasteiger partial charge in [0.2, 0.25) is 0 Å². The summed E-state index contributed by atoms with van der Waals surface area (Å²) in [6.07, 6.45) is -1.94. The van der Waals surface area contributed by atoms with Gasteiger partial charge in [-0.3, -0.25) is 14.4 Å². The molecule has 0 heterocycles. The second-order valence-electron chi connectivity index (χ2n) is 7.47. The third kappa shape index (κ3) is 6.52. The summed E-state index contributed by atoms with van der Waals surface area (Å²) in [4.78, 5) is 47.5. The van der Waals surface area contributed by atoms with E-state index in [2.05, 4.69) is 0 Å². The number of carbonyl (C=O) groups excluding carboxylic acids is 4. The van der Waals surface area contributed by atoms with Gasteiger partial charge in [0.05, 0.1) is 0 Å². The molecule has 172 valence electrons. The van der Waals surface area contributed by atoms with E-state index in [1.807, 2.05) is 42.5 Å². The Balaban J connectivity index is 1.81. The van der Waals surface area contributed by atoms with Gasteiger partial charge in [0.25, 0.3) is 0 Å². The molecule has 8 heteroatoms. The third-order valence-corrected chi connectivity index (χ3v) is 4.83. The highest BCUT2D eigenvalue weighted by Crippen LogP contribution is 2.29. The van der Waals surface area contributed by atoms with Crippen molar-refractivity contribution in [3.63, 3.8) is 0 Å². The van der Waals surface area contributed by atoms with Gasteiger partial charge in [-0.25, -0.2) is 4.79 Å². The van der Waals surface area contributed by atoms with Crippen molar-refractivity contribution in [3.05, 3.63) is 66.2 Å². The Morgan fingerprint density at radius 3 is 1.88 bits per heavy atom. The molecule has 8 nitrogen and oxygen atoms in total. The highest BCUT2D eigenvalue weighted by molar-refractivity contribution is 5.91. The van der Waals surface area contributed by atoms with Crippen molar-refractivity contribution in [2.24, 2.45) is 0 Å². The van der Waals surface area contributed by atoms with E-state index in [9.17, 15) is 19.2 Å². The molecular formula is C25H24O8. The second-order valence-corrected chi connectivity index (χ2v) is 7.47. The van der Waals surface area contributed by atoms with Crippen LogP contribution < -0.4 is 4.74 Å². The molecule has 0 N–H and O–H groups in total. The van der Waals surface area contributed by atoms with Crippen LogP contribution >= 0.6 is 0 Å². The van der Waals surface area contributed by atoms with Crippen molar-refractivity contribution >= 4 is 23.9 Å². The lowest BCUT2D eigenvalue weighted by Gasteiger charge is -2.34. The molecule has 0 bridgehead atoms. The molecule has 0 unspecified atom stereocenters. The molecule has 3 rings (SSSR count). The number of hydrogen-bond acceptors (Lipinski definition) is 8. The molecule has 1 aliphatic rings. The number of esters is 4. The molecule has 3 atom stereocenters. The van der Waals surface area contributed by atoms with Crippen LogP contribution in [0.1, 0.15) is 27.2 Å². The van der Waals surface area contributed by atoms with Crippen molar-refractivity contribution in [2.45, 2.75) is 45.5 Å². The minimum atomic E-state index is -1.12. The van der Waals surface area contributed by atoms with Gasteiger partial charge in [0.15, 0.2) is 12.2 Å². The molecule has 0 saturated heterocycles. The smallest absolute Gasteiger partial charge is 0.339 e. The predicted molar refractivity (Wildman–Crippen MR) is 117 cm³/mol. The Kier molecular flexibility index (Phi) is 7.61. The lowest BCUT2D eigenvalue weighted by atomic mass is 9.91. The topological polar surface area (TPSA) is 105 Å². The molecule has 0 aromatic heterocycles. The molecule has 2 aromatic rings. The molecule has 0 radical (unpaired) electrons. The maximum absolute atomic E-state index is 12.8. The average Bonchev–Trinajstić information content (AvgIpc) is 2.76. The van der Waals surface area contributed by atoms with Crippen molar-refractivity contribution < 1.29 is 38.1 Å². The first kappa shape index (κ1) is 23.7. The fourth-order valence-electron chi connectivity index (χ4n) is 3.52. The first-order valence-electron chi connectivity index (χ1n) is 10.3. The van der Waals surface area contributed by atoms with E-state index < -0.39 is 42.2 Å². The van der Waals surface area contributed by atoms with E-state index >= 15 is 0 Å². The normalized spacial score (nSPS) is 19.6. The van der Waals surface area contributed by atoms with Gasteiger partial charge in [-0.1, -0.05) is 42.5 Å². The van der Waals surface area contributed by atoms with Gasteiger partial charge in [0.1, 0.15) is 11.9 Å². The van der Waals surface area contributed by atoms with Crippen molar-refractivity contribution in [3.8, 4) is 16.9 Å². The quantitative estimate of drug-likeness (QED) is 0.373. The Bertz CT molecular complexity index is 1060. The SMILES string of the molecule is CC(=O)O[C@@H]1[C@H](OC(C)=O)C=C(C(=O)Oc2ccc(-c3ccccc3)cc2)C[C@H]1OC(C)=O. The zero-order valence-electron chi connectivity index (χ0n) is 18.5. The zero-order chi connectivity index (χ0) is 24.0. The fourth-order valence-corrected chi connectivity index (χ4v) is 3.52. The first-order valence-corrected chi connectivity index (χ1v) is 10.3. The molecule has 0 saturated carbocycles. The van der Waals surface area contributed by atoms with Gasteiger partial charge >= 0.3 is 23.9 Å². The Hall–Kier alpha value is -3.94. The lowest BCUT2D eigenvalue weighted by molar-refractivity contribution is -0.180. The van der Waals surface area contributed by atoms with Crippen LogP contribution in [0.25, 0.3) is 11.1 Å². The number of hydrogen-bond donors (Lipinski definition) is 0. The second kappa shape index (κ2) is 10.6. The monoisotopic (exact) mass is 452 g/mol. The van der Waals surface area contributed by atoms with Crippen LogP contribution in [0.4, 0.5) is 0 Å². The van der Waals surface area contributed by atoms with Crippen LogP contribution in [0.15, 0.2) is 66.2 Å². The Morgan fingerprint density at radius 2 is 1.30 bits per heavy atom. The summed E-state index contributed by atoms with van der Waals surface area (Å²) in [6.45, 7) is 3.55. The van der Waals surface area contributed by atoms with E-state index in [-0.39, 0.29) is 12.0 Å². The first-order chi connectivity index (χ1) is 15.7. The van der Waals surface area contributed by atoms with Gasteiger partial charge < -0.3 is 18.9 Å². The molecule has 0 amide bonds. The van der Waals surface area contributed by atoms with Crippen LogP contribution in [0.3, 0.4) is 0 Å². The molecule has 0 spiro atoms. The molecular weight excluding hydrogens is 428 g/mol. The maximum Gasteiger partial charge on any atom is 0.339 e. The third-order valence-electron chi connectivity index (χ3n) is 4.83. The van der Waals surface area contributed by atoms with E-state index in [0.717, 1.165) is 11.1 Å². The van der Waals surface area contributed by atoms with Gasteiger partial charge in [-0.15, -0.1) is 0 Å². The average molecular weight is 452 g/mol. The van der Waals surface area contributed by atoms with E-state index in [0.29, 0.717) is 5.75 Å². The van der Waals surface area contributed by atoms with Gasteiger partial charge in [-0.2, -0.15) is 0 Å². The summed E-state index contributed by atoms with van der Waals surface area (Å²) in [6, 6.07) is 16.7. The molecule has 33 heavy (non-hydrogen) atoms. The van der Waals surface area contributed by atoms with Crippen LogP contribution in [-0.2, 0) is 33.4 Å². The maximum atomic E-state index is 12.8. The summed E-state index contributed by atoms with van der Waals surface area (Å²) >= 11 is 0. The van der Waals surface area contributed by atoms with E-state index in [4.69, 9.17) is 18.9 Å². The largest absolute Gasteiger partial charge is 0.458 e. The number of carbonyl (C=O) groups is 4. The zero-order valence-corrected chi connectivity index (χ0v) is 18.5. The summed E-state index contributed by atoms with van der Waals surface area (Å²) in [7, 11) is 0. The van der Waals surface area contributed by atoms with Crippen LogP contribution in [0.5, 0.6) is 5.75 Å². The lowest BCUT2D eigenvalue weighted by Crippen LogP contribution is -2.47. The highest BCUT2D eigenvalue weighted by atomic mass is 16.6. The van der Waals surface area contributed by atoms with Crippen molar-refractivity contribution in [2.75, 3.05) is 0 Å². The number of benzene rings is 2. The summed E-state index contributed by atoms with van der Waals surface area (Å²) in [5.74, 6) is -2.31. The summed E-state index contributed by atoms with van der Waals surface area (Å²) in [5, 5.41) is 0. The minimum absolute atomic E-state index is 0.0732. The van der Waals surface area contributed by atoms with Gasteiger partial charge in [0, 0.05) is 32.8 Å². The summed E-state index contributed by atoms with van der Waals surface area (Å²) in [5.41, 5.74) is 2.11. The predicted octanol–water partition coefficient (Wildman–Crippen LogP) is 3.38. The van der Waals surface area contributed by atoms with Crippen LogP contribution in [0.2, 0.25) is 0 Å². The van der Waals surface area contributed by atoms with E-state index in [1.165, 1.54) is 26.8 Å². The van der Waals surface area contributed by atoms with Crippen LogP contribution in [-0.4, -0.2) is 42.2 Å². The minimum Gasteiger partial charge on any atom is -0.458 e. The molecule has 2 aromatic carbocycles. The molecule has 0 fully saturated rings. The number of rotatable bonds is 6. The highest BCUT2D eigenvalue weighted by Gasteiger charge is 2.41. The van der Waals surface area contributed by atoms with Crippen molar-refractivity contribution in [1.29, 1.82) is 0 Å². The molecule has 0 aliphatic heterocycles. The van der Waals surface area contributed by atoms with E-state index in [1.54, 1.807) is 12.1 Å². The fraction of sp³-hybridized carbons (Fsp3) is 0.280. The Morgan fingerprint density at radius 1 is 0.727 bits per heavy atom. The standard InChI is InChI=1S/C25H24O8/c1-15(26)30-22-13-20(14-23(31-16(2)27)24(22)32-17(3)28)25(29)33-21-11-9-19(10-12-21)18-7-5-4-6-8-18/h4-13,22-24H,14H2,1-3H3/t22-,23-,24-/m1/s1. The summed E-state index contributed by atoms with van der Waals surface area (Å²) < 4.78 is 21.2. The number of ether oxygens (including phenoxy) is 4.